The van der Waals surface area contributed by atoms with Crippen LogP contribution in [0.4, 0.5) is 0 Å². The highest BCUT2D eigenvalue weighted by Crippen LogP contribution is 2.43. The van der Waals surface area contributed by atoms with Gasteiger partial charge in [-0.3, -0.25) is 18.6 Å². The van der Waals surface area contributed by atoms with E-state index < -0.39 is 58.4 Å². The van der Waals surface area contributed by atoms with Gasteiger partial charge in [0.1, 0.15) is 12.2 Å². The molecule has 53 heavy (non-hydrogen) atoms. The molecule has 0 saturated carbocycles. The predicted octanol–water partition coefficient (Wildman–Crippen LogP) is 10.3. The molecule has 306 valence electrons. The Bertz CT molecular complexity index is 1070. The molecule has 0 aromatic carbocycles. The van der Waals surface area contributed by atoms with Gasteiger partial charge in [0.15, 0.2) is 0 Å². The van der Waals surface area contributed by atoms with E-state index in [0.717, 1.165) is 103 Å². The molecule has 0 amide bonds. The molecule has 0 fully saturated rings. The number of phosphoric ester groups is 1. The van der Waals surface area contributed by atoms with Crippen molar-refractivity contribution in [3.05, 3.63) is 60.8 Å². The summed E-state index contributed by atoms with van der Waals surface area (Å²) in [6, 6.07) is 0. The van der Waals surface area contributed by atoms with E-state index in [1.54, 1.807) is 0 Å². The van der Waals surface area contributed by atoms with Crippen LogP contribution in [0.5, 0.6) is 0 Å². The van der Waals surface area contributed by atoms with E-state index in [1.807, 2.05) is 0 Å². The standard InChI is InChI=1S/C42H73O10P/c1-3-5-7-9-11-13-15-16-17-18-19-20-21-22-24-26-28-30-32-34-42(46)52-40(36-44)38-50-53(47,48)49-37-39(35-43)51-41(45)33-31-29-27-25-23-14-12-10-8-6-4-2/h5,7,10-13,16-17,19-20,39-40,43-44H,3-4,6,8-9,14-15,18,21-38H2,1-2H3,(H,47,48)/b7-5-,12-10-,13-11-,17-16-,20-19-. The van der Waals surface area contributed by atoms with Gasteiger partial charge in [0.05, 0.1) is 26.4 Å². The lowest BCUT2D eigenvalue weighted by atomic mass is 10.1. The fourth-order valence-electron chi connectivity index (χ4n) is 5.09. The second kappa shape index (κ2) is 38.0. The van der Waals surface area contributed by atoms with Crippen LogP contribution in [0.15, 0.2) is 60.8 Å². The number of hydrogen-bond acceptors (Lipinski definition) is 9. The van der Waals surface area contributed by atoms with Crippen molar-refractivity contribution in [1.82, 2.24) is 0 Å². The van der Waals surface area contributed by atoms with Gasteiger partial charge in [0.2, 0.25) is 0 Å². The Kier molecular flexibility index (Phi) is 36.3. The number of carbonyl (C=O) groups is 2. The molecule has 0 radical (unpaired) electrons. The average Bonchev–Trinajstić information content (AvgIpc) is 3.14. The molecule has 0 aliphatic carbocycles. The fraction of sp³-hybridized carbons (Fsp3) is 0.714. The van der Waals surface area contributed by atoms with Gasteiger partial charge in [-0.2, -0.15) is 0 Å². The van der Waals surface area contributed by atoms with Crippen molar-refractivity contribution >= 4 is 19.8 Å². The van der Waals surface area contributed by atoms with Crippen molar-refractivity contribution < 1.29 is 47.8 Å². The highest BCUT2D eigenvalue weighted by Gasteiger charge is 2.27. The molecule has 3 atom stereocenters. The maximum atomic E-state index is 12.3. The van der Waals surface area contributed by atoms with Crippen LogP contribution >= 0.6 is 7.82 Å². The minimum absolute atomic E-state index is 0.173. The van der Waals surface area contributed by atoms with E-state index in [-0.39, 0.29) is 12.8 Å². The molecule has 0 aromatic rings. The number of aliphatic hydroxyl groups excluding tert-OH is 2. The topological polar surface area (TPSA) is 149 Å². The van der Waals surface area contributed by atoms with Crippen molar-refractivity contribution in [3.63, 3.8) is 0 Å². The third-order valence-electron chi connectivity index (χ3n) is 8.21. The molecule has 0 spiro atoms. The highest BCUT2D eigenvalue weighted by molar-refractivity contribution is 7.47. The normalized spacial score (nSPS) is 14.6. The van der Waals surface area contributed by atoms with Crippen LogP contribution in [-0.4, -0.2) is 65.7 Å². The maximum absolute atomic E-state index is 12.3. The average molecular weight is 769 g/mol. The summed E-state index contributed by atoms with van der Waals surface area (Å²) in [5.41, 5.74) is 0. The Morgan fingerprint density at radius 1 is 0.528 bits per heavy atom. The van der Waals surface area contributed by atoms with Crippen LogP contribution < -0.4 is 0 Å². The molecule has 0 aliphatic heterocycles. The number of unbranched alkanes of at least 4 members (excludes halogenated alkanes) is 13. The Hall–Kier alpha value is -2.33. The molecule has 0 rings (SSSR count). The summed E-state index contributed by atoms with van der Waals surface area (Å²) in [5.74, 6) is -1.05. The third kappa shape index (κ3) is 36.4. The second-order valence-corrected chi connectivity index (χ2v) is 14.7. The largest absolute Gasteiger partial charge is 0.472 e. The van der Waals surface area contributed by atoms with Crippen LogP contribution in [0.25, 0.3) is 0 Å². The van der Waals surface area contributed by atoms with Crippen LogP contribution in [0, 0.1) is 0 Å². The molecule has 0 saturated heterocycles. The van der Waals surface area contributed by atoms with Gasteiger partial charge in [-0.15, -0.1) is 0 Å². The van der Waals surface area contributed by atoms with Gasteiger partial charge in [0.25, 0.3) is 0 Å². The number of esters is 2. The monoisotopic (exact) mass is 768 g/mol. The van der Waals surface area contributed by atoms with Crippen molar-refractivity contribution in [3.8, 4) is 0 Å². The summed E-state index contributed by atoms with van der Waals surface area (Å²) in [4.78, 5) is 34.4. The second-order valence-electron chi connectivity index (χ2n) is 13.2. The Labute approximate surface area is 321 Å². The summed E-state index contributed by atoms with van der Waals surface area (Å²) in [7, 11) is -4.64. The fourth-order valence-corrected chi connectivity index (χ4v) is 5.87. The first-order valence-corrected chi connectivity index (χ1v) is 21.7. The lowest BCUT2D eigenvalue weighted by Crippen LogP contribution is -2.28. The van der Waals surface area contributed by atoms with E-state index in [4.69, 9.17) is 18.5 Å². The van der Waals surface area contributed by atoms with Crippen molar-refractivity contribution in [2.75, 3.05) is 26.4 Å². The van der Waals surface area contributed by atoms with Crippen molar-refractivity contribution in [2.24, 2.45) is 0 Å². The van der Waals surface area contributed by atoms with E-state index >= 15 is 0 Å². The molecular weight excluding hydrogens is 695 g/mol. The Morgan fingerprint density at radius 2 is 0.887 bits per heavy atom. The Balaban J connectivity index is 3.98. The number of aliphatic hydroxyl groups is 2. The molecule has 3 unspecified atom stereocenters. The van der Waals surface area contributed by atoms with Gasteiger partial charge in [-0.05, 0) is 70.6 Å². The van der Waals surface area contributed by atoms with Gasteiger partial charge in [0, 0.05) is 12.8 Å². The lowest BCUT2D eigenvalue weighted by Gasteiger charge is -2.20. The number of rotatable bonds is 37. The first-order valence-electron chi connectivity index (χ1n) is 20.2. The van der Waals surface area contributed by atoms with Gasteiger partial charge < -0.3 is 24.6 Å². The summed E-state index contributed by atoms with van der Waals surface area (Å²) < 4.78 is 32.5. The number of allylic oxidation sites excluding steroid dienone is 10. The first kappa shape index (κ1) is 50.7. The van der Waals surface area contributed by atoms with Gasteiger partial charge >= 0.3 is 19.8 Å². The van der Waals surface area contributed by atoms with Crippen molar-refractivity contribution in [2.45, 2.75) is 167 Å². The number of carbonyl (C=O) groups excluding carboxylic acids is 2. The third-order valence-corrected chi connectivity index (χ3v) is 9.16. The molecule has 0 heterocycles. The Morgan fingerprint density at radius 3 is 1.30 bits per heavy atom. The smallest absolute Gasteiger partial charge is 0.457 e. The van der Waals surface area contributed by atoms with Crippen LogP contribution in [0.2, 0.25) is 0 Å². The summed E-state index contributed by atoms with van der Waals surface area (Å²) >= 11 is 0. The molecule has 3 N–H and O–H groups in total. The molecule has 0 bridgehead atoms. The molecule has 11 heteroatoms. The zero-order valence-electron chi connectivity index (χ0n) is 33.0. The molecule has 10 nitrogen and oxygen atoms in total. The van der Waals surface area contributed by atoms with E-state index in [0.29, 0.717) is 12.8 Å². The van der Waals surface area contributed by atoms with E-state index in [9.17, 15) is 29.3 Å². The summed E-state index contributed by atoms with van der Waals surface area (Å²) in [5, 5.41) is 19.1. The molecule has 0 aliphatic rings. The number of phosphoric acid groups is 1. The quantitative estimate of drug-likeness (QED) is 0.0241. The van der Waals surface area contributed by atoms with Gasteiger partial charge in [-0.1, -0.05) is 132 Å². The number of hydrogen-bond donors (Lipinski definition) is 3. The van der Waals surface area contributed by atoms with Crippen LogP contribution in [0.3, 0.4) is 0 Å². The zero-order valence-corrected chi connectivity index (χ0v) is 33.9. The first-order chi connectivity index (χ1) is 25.8. The highest BCUT2D eigenvalue weighted by atomic mass is 31.2. The van der Waals surface area contributed by atoms with E-state index in [2.05, 4.69) is 74.6 Å². The minimum Gasteiger partial charge on any atom is -0.457 e. The molecular formula is C42H73O10P. The minimum atomic E-state index is -4.64. The predicted molar refractivity (Wildman–Crippen MR) is 214 cm³/mol. The zero-order chi connectivity index (χ0) is 39.1. The SMILES string of the molecule is CC/C=C\C/C=C\C/C=C\C/C=C\CCCCCCCCC(=O)OC(CO)COP(=O)(O)OCC(CO)OC(=O)CCCCCCC/C=C\CCCC. The summed E-state index contributed by atoms with van der Waals surface area (Å²) in [6.45, 7) is 2.00. The van der Waals surface area contributed by atoms with Crippen LogP contribution in [-0.2, 0) is 32.7 Å². The summed E-state index contributed by atoms with van der Waals surface area (Å²) in [6.07, 6.45) is 40.5. The van der Waals surface area contributed by atoms with Gasteiger partial charge in [-0.25, -0.2) is 4.57 Å². The maximum Gasteiger partial charge on any atom is 0.472 e. The number of ether oxygens (including phenoxy) is 2. The van der Waals surface area contributed by atoms with Crippen molar-refractivity contribution in [1.29, 1.82) is 0 Å². The van der Waals surface area contributed by atoms with E-state index in [1.165, 1.54) is 12.8 Å². The lowest BCUT2D eigenvalue weighted by molar-refractivity contribution is -0.153. The van der Waals surface area contributed by atoms with Crippen LogP contribution in [0.1, 0.15) is 155 Å². The molecule has 0 aromatic heterocycles.